The monoisotopic (exact) mass is 188 g/mol. The molecule has 13 heavy (non-hydrogen) atoms. The van der Waals surface area contributed by atoms with Crippen LogP contribution in [-0.4, -0.2) is 46.7 Å². The van der Waals surface area contributed by atoms with Gasteiger partial charge in [0.25, 0.3) is 0 Å². The van der Waals surface area contributed by atoms with Gasteiger partial charge in [-0.25, -0.2) is 0 Å². The highest BCUT2D eigenvalue weighted by atomic mass is 16.3. The zero-order chi connectivity index (χ0) is 10.0. The van der Waals surface area contributed by atoms with Gasteiger partial charge in [-0.3, -0.25) is 10.2 Å². The third kappa shape index (κ3) is 2.91. The van der Waals surface area contributed by atoms with Gasteiger partial charge >= 0.3 is 0 Å². The van der Waals surface area contributed by atoms with E-state index in [-0.39, 0.29) is 12.1 Å². The van der Waals surface area contributed by atoms with E-state index in [4.69, 9.17) is 5.11 Å². The van der Waals surface area contributed by atoms with E-state index in [1.54, 1.807) is 0 Å². The zero-order valence-electron chi connectivity index (χ0n) is 8.57. The maximum atomic E-state index is 9.61. The van der Waals surface area contributed by atoms with Crippen LogP contribution < -0.4 is 5.32 Å². The zero-order valence-corrected chi connectivity index (χ0v) is 8.57. The van der Waals surface area contributed by atoms with Gasteiger partial charge in [0.15, 0.2) is 6.35 Å². The van der Waals surface area contributed by atoms with Crippen molar-refractivity contribution in [2.45, 2.75) is 39.3 Å². The standard InChI is InChI=1S/C9H20N2O2/c1-6(2)7(3)10-9(13)11-4-8(12)5-11/h6-10,12-13H,4-5H2,1-3H3/t7-,9?/m1/s1. The molecule has 0 amide bonds. The summed E-state index contributed by atoms with van der Waals surface area (Å²) in [6.45, 7) is 7.40. The Kier molecular flexibility index (Phi) is 3.67. The molecule has 1 rings (SSSR count). The lowest BCUT2D eigenvalue weighted by atomic mass is 10.1. The molecule has 78 valence electrons. The molecule has 0 aromatic carbocycles. The minimum atomic E-state index is -0.610. The minimum Gasteiger partial charge on any atom is -0.390 e. The van der Waals surface area contributed by atoms with E-state index < -0.39 is 6.35 Å². The molecule has 0 radical (unpaired) electrons. The van der Waals surface area contributed by atoms with Gasteiger partial charge < -0.3 is 10.2 Å². The Morgan fingerprint density at radius 2 is 1.85 bits per heavy atom. The predicted molar refractivity (Wildman–Crippen MR) is 51.0 cm³/mol. The first-order chi connectivity index (χ1) is 6.00. The van der Waals surface area contributed by atoms with E-state index in [0.717, 1.165) is 0 Å². The first-order valence-corrected chi connectivity index (χ1v) is 4.87. The fourth-order valence-corrected chi connectivity index (χ4v) is 1.22. The van der Waals surface area contributed by atoms with Crippen LogP contribution in [0.25, 0.3) is 0 Å². The fourth-order valence-electron chi connectivity index (χ4n) is 1.22. The number of aliphatic hydroxyl groups excluding tert-OH is 2. The van der Waals surface area contributed by atoms with Gasteiger partial charge in [-0.05, 0) is 12.8 Å². The quantitative estimate of drug-likeness (QED) is 0.524. The van der Waals surface area contributed by atoms with Gasteiger partial charge in [0.05, 0.1) is 6.10 Å². The molecule has 1 heterocycles. The number of rotatable bonds is 4. The molecule has 0 aromatic heterocycles. The molecular formula is C9H20N2O2. The lowest BCUT2D eigenvalue weighted by Crippen LogP contribution is -2.61. The van der Waals surface area contributed by atoms with E-state index in [1.807, 2.05) is 11.8 Å². The molecule has 1 saturated heterocycles. The highest BCUT2D eigenvalue weighted by Crippen LogP contribution is 2.10. The molecule has 1 aliphatic heterocycles. The Morgan fingerprint density at radius 3 is 2.23 bits per heavy atom. The summed E-state index contributed by atoms with van der Waals surface area (Å²) in [5.74, 6) is 0.501. The highest BCUT2D eigenvalue weighted by molar-refractivity contribution is 4.80. The van der Waals surface area contributed by atoms with Gasteiger partial charge in [-0.1, -0.05) is 13.8 Å². The third-order valence-electron chi connectivity index (χ3n) is 2.65. The third-order valence-corrected chi connectivity index (χ3v) is 2.65. The summed E-state index contributed by atoms with van der Waals surface area (Å²) >= 11 is 0. The summed E-state index contributed by atoms with van der Waals surface area (Å²) in [7, 11) is 0. The van der Waals surface area contributed by atoms with E-state index in [9.17, 15) is 5.11 Å². The second kappa shape index (κ2) is 4.37. The molecule has 0 aromatic rings. The molecule has 4 nitrogen and oxygen atoms in total. The number of nitrogens with zero attached hydrogens (tertiary/aromatic N) is 1. The largest absolute Gasteiger partial charge is 0.390 e. The van der Waals surface area contributed by atoms with Crippen LogP contribution in [-0.2, 0) is 0 Å². The second-order valence-electron chi connectivity index (χ2n) is 4.18. The second-order valence-corrected chi connectivity index (χ2v) is 4.18. The Bertz CT molecular complexity index is 158. The average Bonchev–Trinajstić information content (AvgIpc) is 1.98. The lowest BCUT2D eigenvalue weighted by Gasteiger charge is -2.40. The molecule has 1 unspecified atom stereocenters. The van der Waals surface area contributed by atoms with Crippen molar-refractivity contribution >= 4 is 0 Å². The van der Waals surface area contributed by atoms with Crippen molar-refractivity contribution in [2.24, 2.45) is 5.92 Å². The number of hydrogen-bond acceptors (Lipinski definition) is 4. The van der Waals surface area contributed by atoms with Crippen LogP contribution in [0.1, 0.15) is 20.8 Å². The summed E-state index contributed by atoms with van der Waals surface area (Å²) in [5.41, 5.74) is 0. The van der Waals surface area contributed by atoms with Gasteiger partial charge in [0.2, 0.25) is 0 Å². The van der Waals surface area contributed by atoms with Gasteiger partial charge in [0, 0.05) is 19.1 Å². The van der Waals surface area contributed by atoms with Gasteiger partial charge in [-0.2, -0.15) is 0 Å². The molecule has 0 saturated carbocycles. The maximum Gasteiger partial charge on any atom is 0.163 e. The number of likely N-dealkylation sites (tertiary alicyclic amines) is 1. The Morgan fingerprint density at radius 1 is 1.31 bits per heavy atom. The Hall–Kier alpha value is -0.160. The number of β-amino-alcohol motifs (C(OH)–C–C–N with tert-alkyl or cyclic N) is 1. The van der Waals surface area contributed by atoms with E-state index in [0.29, 0.717) is 19.0 Å². The van der Waals surface area contributed by atoms with Gasteiger partial charge in [-0.15, -0.1) is 0 Å². The number of nitrogens with one attached hydrogen (secondary N) is 1. The molecule has 4 heteroatoms. The molecule has 0 aliphatic carbocycles. The van der Waals surface area contributed by atoms with Crippen molar-refractivity contribution in [1.29, 1.82) is 0 Å². The topological polar surface area (TPSA) is 55.7 Å². The summed E-state index contributed by atoms with van der Waals surface area (Å²) in [6, 6.07) is 0.285. The molecule has 1 fully saturated rings. The van der Waals surface area contributed by atoms with Crippen LogP contribution in [0.5, 0.6) is 0 Å². The average molecular weight is 188 g/mol. The van der Waals surface area contributed by atoms with Crippen LogP contribution in [0.2, 0.25) is 0 Å². The number of aliphatic hydroxyl groups is 2. The van der Waals surface area contributed by atoms with Crippen LogP contribution in [0.4, 0.5) is 0 Å². The molecule has 1 aliphatic rings. The molecule has 0 bridgehead atoms. The van der Waals surface area contributed by atoms with Crippen LogP contribution in [0, 0.1) is 5.92 Å². The van der Waals surface area contributed by atoms with Crippen LogP contribution in [0.15, 0.2) is 0 Å². The Labute approximate surface area is 79.6 Å². The summed E-state index contributed by atoms with van der Waals surface area (Å²) in [5, 5.41) is 21.7. The summed E-state index contributed by atoms with van der Waals surface area (Å²) in [6.07, 6.45) is -0.869. The minimum absolute atomic E-state index is 0.259. The van der Waals surface area contributed by atoms with Gasteiger partial charge in [0.1, 0.15) is 0 Å². The normalized spacial score (nSPS) is 24.5. The highest BCUT2D eigenvalue weighted by Gasteiger charge is 2.30. The molecule has 0 spiro atoms. The lowest BCUT2D eigenvalue weighted by molar-refractivity contribution is -0.118. The predicted octanol–water partition coefficient (Wildman–Crippen LogP) is -0.427. The summed E-state index contributed by atoms with van der Waals surface area (Å²) < 4.78 is 0. The summed E-state index contributed by atoms with van der Waals surface area (Å²) in [4.78, 5) is 1.81. The molecule has 2 atom stereocenters. The van der Waals surface area contributed by atoms with Crippen LogP contribution in [0.3, 0.4) is 0 Å². The SMILES string of the molecule is CC(C)[C@@H](C)NC(O)N1CC(O)C1. The van der Waals surface area contributed by atoms with Crippen molar-refractivity contribution in [3.05, 3.63) is 0 Å². The molecular weight excluding hydrogens is 168 g/mol. The fraction of sp³-hybridized carbons (Fsp3) is 1.00. The van der Waals surface area contributed by atoms with Crippen molar-refractivity contribution < 1.29 is 10.2 Å². The van der Waals surface area contributed by atoms with E-state index in [2.05, 4.69) is 19.2 Å². The first-order valence-electron chi connectivity index (χ1n) is 4.87. The van der Waals surface area contributed by atoms with Crippen molar-refractivity contribution in [1.82, 2.24) is 10.2 Å². The van der Waals surface area contributed by atoms with Crippen molar-refractivity contribution in [3.8, 4) is 0 Å². The van der Waals surface area contributed by atoms with Crippen LogP contribution >= 0.6 is 0 Å². The molecule has 3 N–H and O–H groups in total. The smallest absolute Gasteiger partial charge is 0.163 e. The maximum absolute atomic E-state index is 9.61. The van der Waals surface area contributed by atoms with E-state index >= 15 is 0 Å². The van der Waals surface area contributed by atoms with Crippen molar-refractivity contribution in [3.63, 3.8) is 0 Å². The Balaban J connectivity index is 2.21. The number of hydrogen-bond donors (Lipinski definition) is 3. The first kappa shape index (κ1) is 10.9. The van der Waals surface area contributed by atoms with Crippen molar-refractivity contribution in [2.75, 3.05) is 13.1 Å². The van der Waals surface area contributed by atoms with E-state index in [1.165, 1.54) is 0 Å².